The number of aromatic nitrogens is 2. The maximum atomic E-state index is 13.6. The molecule has 5 rings (SSSR count). The summed E-state index contributed by atoms with van der Waals surface area (Å²) >= 11 is 0. The highest BCUT2D eigenvalue weighted by Gasteiger charge is 2.48. The first-order valence-electron chi connectivity index (χ1n) is 12.6. The van der Waals surface area contributed by atoms with Gasteiger partial charge in [0.2, 0.25) is 0 Å². The molecule has 1 atom stereocenters. The molecule has 0 spiro atoms. The van der Waals surface area contributed by atoms with Crippen molar-refractivity contribution in [2.24, 2.45) is 0 Å². The van der Waals surface area contributed by atoms with E-state index in [4.69, 9.17) is 9.90 Å². The smallest absolute Gasteiger partial charge is 0.475 e. The molecular weight excluding hydrogens is 634 g/mol. The van der Waals surface area contributed by atoms with Crippen LogP contribution in [-0.4, -0.2) is 64.0 Å². The van der Waals surface area contributed by atoms with Gasteiger partial charge in [-0.1, -0.05) is 24.3 Å². The van der Waals surface area contributed by atoms with E-state index in [1.165, 1.54) is 4.90 Å². The van der Waals surface area contributed by atoms with E-state index in [0.29, 0.717) is 11.2 Å². The van der Waals surface area contributed by atoms with E-state index in [1.54, 1.807) is 36.7 Å². The van der Waals surface area contributed by atoms with Crippen molar-refractivity contribution in [3.63, 3.8) is 0 Å². The van der Waals surface area contributed by atoms with Crippen LogP contribution in [0.3, 0.4) is 0 Å². The fourth-order valence-corrected chi connectivity index (χ4v) is 5.11. The number of carboxylic acid groups (broad SMARTS) is 1. The van der Waals surface area contributed by atoms with Crippen LogP contribution in [0.15, 0.2) is 90.1 Å². The number of alkyl halides is 6. The lowest BCUT2D eigenvalue weighted by molar-refractivity contribution is -0.192. The van der Waals surface area contributed by atoms with Crippen LogP contribution in [-0.2, 0) is 32.4 Å². The van der Waals surface area contributed by atoms with E-state index in [-0.39, 0.29) is 18.7 Å². The lowest BCUT2D eigenvalue weighted by atomic mass is 10.1. The molecule has 2 aromatic heterocycles. The van der Waals surface area contributed by atoms with Gasteiger partial charge in [0.1, 0.15) is 6.04 Å². The summed E-state index contributed by atoms with van der Waals surface area (Å²) in [5, 5.41) is 7.92. The number of halogens is 6. The first-order chi connectivity index (χ1) is 21.0. The Hall–Kier alpha value is -5.06. The Morgan fingerprint density at radius 1 is 0.844 bits per heavy atom. The highest BCUT2D eigenvalue weighted by Crippen LogP contribution is 2.34. The number of sulfone groups is 1. The van der Waals surface area contributed by atoms with E-state index in [2.05, 4.69) is 9.97 Å². The molecule has 17 heteroatoms. The van der Waals surface area contributed by atoms with Crippen molar-refractivity contribution >= 4 is 44.3 Å². The van der Waals surface area contributed by atoms with Gasteiger partial charge < -0.3 is 10.0 Å². The third-order valence-electron chi connectivity index (χ3n) is 6.48. The van der Waals surface area contributed by atoms with Crippen LogP contribution in [0.5, 0.6) is 0 Å². The summed E-state index contributed by atoms with van der Waals surface area (Å²) in [5.74, 6) is -3.36. The zero-order valence-electron chi connectivity index (χ0n) is 22.5. The van der Waals surface area contributed by atoms with Crippen molar-refractivity contribution in [2.45, 2.75) is 35.6 Å². The number of imide groups is 1. The topological polar surface area (TPSA) is 138 Å². The van der Waals surface area contributed by atoms with E-state index in [9.17, 15) is 44.3 Å². The third kappa shape index (κ3) is 7.03. The minimum absolute atomic E-state index is 0.0470. The van der Waals surface area contributed by atoms with Crippen LogP contribution in [0, 0.1) is 0 Å². The largest absolute Gasteiger partial charge is 0.501 e. The number of rotatable bonds is 6. The van der Waals surface area contributed by atoms with Crippen LogP contribution in [0.2, 0.25) is 0 Å². The predicted octanol–water partition coefficient (Wildman–Crippen LogP) is 5.14. The maximum Gasteiger partial charge on any atom is 0.501 e. The molecular formula is C28H20F6N4O6S. The van der Waals surface area contributed by atoms with Crippen LogP contribution in [0.4, 0.5) is 36.8 Å². The van der Waals surface area contributed by atoms with Gasteiger partial charge in [0.25, 0.3) is 15.7 Å². The van der Waals surface area contributed by atoms with Gasteiger partial charge in [-0.3, -0.25) is 14.8 Å². The van der Waals surface area contributed by atoms with E-state index < -0.39 is 50.4 Å². The van der Waals surface area contributed by atoms with Gasteiger partial charge >= 0.3 is 23.7 Å². The lowest BCUT2D eigenvalue weighted by Gasteiger charge is -2.22. The summed E-state index contributed by atoms with van der Waals surface area (Å²) in [6.45, 7) is 0.0577. The number of nitrogens with zero attached hydrogens (tertiary/aromatic N) is 4. The van der Waals surface area contributed by atoms with Gasteiger partial charge in [-0.05, 0) is 54.1 Å². The molecule has 0 aliphatic carbocycles. The second-order valence-electron chi connectivity index (χ2n) is 9.36. The number of carbonyl (C=O) groups excluding carboxylic acids is 2. The maximum absolute atomic E-state index is 13.6. The number of urea groups is 1. The summed E-state index contributed by atoms with van der Waals surface area (Å²) in [6.07, 6.45) is -1.81. The molecule has 236 valence electrons. The highest BCUT2D eigenvalue weighted by molar-refractivity contribution is 7.92. The van der Waals surface area contributed by atoms with Crippen molar-refractivity contribution in [3.8, 4) is 0 Å². The molecule has 0 bridgehead atoms. The van der Waals surface area contributed by atoms with Gasteiger partial charge in [-0.2, -0.15) is 26.3 Å². The van der Waals surface area contributed by atoms with Crippen molar-refractivity contribution in [3.05, 3.63) is 96.4 Å². The monoisotopic (exact) mass is 654 g/mol. The Bertz CT molecular complexity index is 1830. The van der Waals surface area contributed by atoms with Gasteiger partial charge in [0.05, 0.1) is 16.1 Å². The number of amides is 3. The Kier molecular flexibility index (Phi) is 9.13. The van der Waals surface area contributed by atoms with Gasteiger partial charge in [0.15, 0.2) is 0 Å². The number of fused-ring (bicyclic) bond motifs is 1. The molecule has 1 fully saturated rings. The predicted molar refractivity (Wildman–Crippen MR) is 145 cm³/mol. The number of para-hydroxylation sites is 1. The molecule has 0 saturated carbocycles. The lowest BCUT2D eigenvalue weighted by Crippen LogP contribution is -2.36. The molecule has 1 aliphatic rings. The summed E-state index contributed by atoms with van der Waals surface area (Å²) in [5.41, 5.74) is -3.50. The highest BCUT2D eigenvalue weighted by atomic mass is 32.2. The second-order valence-corrected chi connectivity index (χ2v) is 11.3. The molecule has 1 N–H and O–H groups in total. The number of hydrogen-bond acceptors (Lipinski definition) is 7. The average Bonchev–Trinajstić information content (AvgIpc) is 3.21. The first-order valence-corrected chi connectivity index (χ1v) is 14.1. The summed E-state index contributed by atoms with van der Waals surface area (Å²) in [4.78, 5) is 45.9. The fourth-order valence-electron chi connectivity index (χ4n) is 4.35. The molecule has 1 aliphatic heterocycles. The van der Waals surface area contributed by atoms with E-state index in [0.717, 1.165) is 40.1 Å². The van der Waals surface area contributed by atoms with Gasteiger partial charge in [0, 0.05) is 36.4 Å². The first kappa shape index (κ1) is 32.8. The normalized spacial score (nSPS) is 15.6. The minimum Gasteiger partial charge on any atom is -0.475 e. The number of pyridine rings is 2. The van der Waals surface area contributed by atoms with Crippen LogP contribution < -0.4 is 4.90 Å². The third-order valence-corrected chi connectivity index (χ3v) is 7.98. The van der Waals surface area contributed by atoms with E-state index in [1.807, 2.05) is 24.3 Å². The van der Waals surface area contributed by atoms with Crippen molar-refractivity contribution in [1.82, 2.24) is 14.9 Å². The molecule has 45 heavy (non-hydrogen) atoms. The zero-order chi connectivity index (χ0) is 33.2. The Morgan fingerprint density at radius 3 is 2.04 bits per heavy atom. The number of carboxylic acids is 1. The average molecular weight is 655 g/mol. The molecule has 3 amide bonds. The molecule has 10 nitrogen and oxygen atoms in total. The standard InChI is InChI=1S/C26H19F3N4O4S.C2HF3O2/c27-26(28,29)38(36,37)20-10-8-19(9-11-20)33-24(34)23(15-18-5-3-4-13-30-18)32(25(33)35)16-17-12-14-31-22-7-2-1-6-21(17)22;3-2(4,5)1(6)7/h1-14,23H,15-16H2;(H,6,7)/t23-;/m0./s1. The quantitative estimate of drug-likeness (QED) is 0.223. The Balaban J connectivity index is 0.000000591. The number of aliphatic carboxylic acids is 1. The Labute approximate surface area is 250 Å². The number of carbonyl (C=O) groups is 3. The SMILES string of the molecule is O=C(O)C(F)(F)F.O=C1[C@H](Cc2ccccn2)N(Cc2ccnc3ccccc23)C(=O)N1c1ccc(S(=O)(=O)C(F)(F)F)cc1. The Morgan fingerprint density at radius 2 is 1.47 bits per heavy atom. The van der Waals surface area contributed by atoms with Crippen LogP contribution in [0.25, 0.3) is 10.9 Å². The summed E-state index contributed by atoms with van der Waals surface area (Å²) in [6, 6.07) is 16.1. The number of benzene rings is 2. The van der Waals surface area contributed by atoms with Gasteiger partial charge in [-0.25, -0.2) is 22.9 Å². The molecule has 3 heterocycles. The molecule has 1 saturated heterocycles. The van der Waals surface area contributed by atoms with E-state index >= 15 is 0 Å². The van der Waals surface area contributed by atoms with Crippen LogP contribution >= 0.6 is 0 Å². The molecule has 0 unspecified atom stereocenters. The fraction of sp³-hybridized carbons (Fsp3) is 0.179. The number of hydrogen-bond donors (Lipinski definition) is 1. The van der Waals surface area contributed by atoms with Crippen molar-refractivity contribution in [1.29, 1.82) is 0 Å². The number of anilines is 1. The summed E-state index contributed by atoms with van der Waals surface area (Å²) < 4.78 is 94.1. The molecule has 0 radical (unpaired) electrons. The van der Waals surface area contributed by atoms with Crippen molar-refractivity contribution < 1.29 is 54.3 Å². The zero-order valence-corrected chi connectivity index (χ0v) is 23.3. The van der Waals surface area contributed by atoms with Gasteiger partial charge in [-0.15, -0.1) is 0 Å². The van der Waals surface area contributed by atoms with Crippen molar-refractivity contribution in [2.75, 3.05) is 4.90 Å². The van der Waals surface area contributed by atoms with Crippen LogP contribution in [0.1, 0.15) is 11.3 Å². The summed E-state index contributed by atoms with van der Waals surface area (Å²) in [7, 11) is -5.58. The molecule has 4 aromatic rings. The minimum atomic E-state index is -5.58. The second kappa shape index (κ2) is 12.5. The molecule has 2 aromatic carbocycles.